The second-order valence-corrected chi connectivity index (χ2v) is 7.17. The molecule has 0 saturated carbocycles. The van der Waals surface area contributed by atoms with Crippen LogP contribution in [0, 0.1) is 0 Å². The van der Waals surface area contributed by atoms with Crippen LogP contribution in [0.5, 0.6) is 0 Å². The summed E-state index contributed by atoms with van der Waals surface area (Å²) in [6.07, 6.45) is 3.92. The Morgan fingerprint density at radius 2 is 1.83 bits per heavy atom. The molecule has 1 aliphatic heterocycles. The van der Waals surface area contributed by atoms with Gasteiger partial charge in [-0.1, -0.05) is 41.9 Å². The number of halogens is 2. The summed E-state index contributed by atoms with van der Waals surface area (Å²) >= 11 is 5.79. The summed E-state index contributed by atoms with van der Waals surface area (Å²) in [4.78, 5) is 22.6. The van der Waals surface area contributed by atoms with E-state index in [0.717, 1.165) is 44.0 Å². The van der Waals surface area contributed by atoms with Crippen LogP contribution >= 0.6 is 35.6 Å². The lowest BCUT2D eigenvalue weighted by Gasteiger charge is -2.16. The van der Waals surface area contributed by atoms with E-state index in [-0.39, 0.29) is 29.9 Å². The van der Waals surface area contributed by atoms with Crippen molar-refractivity contribution < 1.29 is 4.79 Å². The van der Waals surface area contributed by atoms with E-state index in [0.29, 0.717) is 18.1 Å². The number of pyridine rings is 1. The highest BCUT2D eigenvalue weighted by Gasteiger charge is 2.22. The van der Waals surface area contributed by atoms with Gasteiger partial charge in [0.1, 0.15) is 5.15 Å². The van der Waals surface area contributed by atoms with Crippen LogP contribution in [-0.2, 0) is 24.3 Å². The molecule has 8 heteroatoms. The summed E-state index contributed by atoms with van der Waals surface area (Å²) in [5.74, 6) is 0.944. The van der Waals surface area contributed by atoms with Gasteiger partial charge < -0.3 is 15.5 Å². The molecular formula is C21H27ClIN5O. The summed E-state index contributed by atoms with van der Waals surface area (Å²) < 4.78 is 0. The SMILES string of the molecule is CN=C(NCCCC(=O)N1Cc2ccccc2C1)NCCc1ccc(Cl)nc1.I. The first-order chi connectivity index (χ1) is 13.7. The smallest absolute Gasteiger partial charge is 0.223 e. The van der Waals surface area contributed by atoms with Crippen LogP contribution in [0.2, 0.25) is 5.15 Å². The van der Waals surface area contributed by atoms with E-state index >= 15 is 0 Å². The van der Waals surface area contributed by atoms with Gasteiger partial charge in [-0.15, -0.1) is 24.0 Å². The molecule has 29 heavy (non-hydrogen) atoms. The molecule has 0 atom stereocenters. The molecule has 0 aliphatic carbocycles. The van der Waals surface area contributed by atoms with Gasteiger partial charge in [0.05, 0.1) is 0 Å². The van der Waals surface area contributed by atoms with Gasteiger partial charge in [-0.2, -0.15) is 0 Å². The first-order valence-corrected chi connectivity index (χ1v) is 9.93. The quantitative estimate of drug-likeness (QED) is 0.190. The van der Waals surface area contributed by atoms with E-state index < -0.39 is 0 Å². The second-order valence-electron chi connectivity index (χ2n) is 6.79. The highest BCUT2D eigenvalue weighted by molar-refractivity contribution is 14.0. The molecule has 6 nitrogen and oxygen atoms in total. The van der Waals surface area contributed by atoms with Crippen LogP contribution in [0.25, 0.3) is 0 Å². The summed E-state index contributed by atoms with van der Waals surface area (Å²) in [5.41, 5.74) is 3.63. The molecule has 156 valence electrons. The third-order valence-electron chi connectivity index (χ3n) is 4.77. The monoisotopic (exact) mass is 527 g/mol. The van der Waals surface area contributed by atoms with Gasteiger partial charge in [0.25, 0.3) is 0 Å². The van der Waals surface area contributed by atoms with Crippen molar-refractivity contribution in [3.8, 4) is 0 Å². The molecule has 0 fully saturated rings. The Labute approximate surface area is 194 Å². The van der Waals surface area contributed by atoms with E-state index in [4.69, 9.17) is 11.6 Å². The molecular weight excluding hydrogens is 501 g/mol. The van der Waals surface area contributed by atoms with E-state index in [1.807, 2.05) is 23.1 Å². The number of nitrogens with one attached hydrogen (secondary N) is 2. The zero-order valence-corrected chi connectivity index (χ0v) is 19.6. The van der Waals surface area contributed by atoms with Crippen molar-refractivity contribution in [2.24, 2.45) is 4.99 Å². The molecule has 3 rings (SSSR count). The number of nitrogens with zero attached hydrogens (tertiary/aromatic N) is 3. The third kappa shape index (κ3) is 7.15. The Balaban J connectivity index is 0.00000300. The van der Waals surface area contributed by atoms with Crippen molar-refractivity contribution >= 4 is 47.4 Å². The summed E-state index contributed by atoms with van der Waals surface area (Å²) in [7, 11) is 1.74. The Morgan fingerprint density at radius 1 is 1.14 bits per heavy atom. The van der Waals surface area contributed by atoms with Gasteiger partial charge in [-0.25, -0.2) is 4.98 Å². The van der Waals surface area contributed by atoms with Crippen molar-refractivity contribution in [2.45, 2.75) is 32.4 Å². The molecule has 0 bridgehead atoms. The average Bonchev–Trinajstić information content (AvgIpc) is 3.15. The highest BCUT2D eigenvalue weighted by Crippen LogP contribution is 2.22. The van der Waals surface area contributed by atoms with Gasteiger partial charge in [0.2, 0.25) is 5.91 Å². The van der Waals surface area contributed by atoms with Gasteiger partial charge in [-0.05, 0) is 35.6 Å². The van der Waals surface area contributed by atoms with Gasteiger partial charge >= 0.3 is 0 Å². The number of carbonyl (C=O) groups is 1. The number of aromatic nitrogens is 1. The predicted molar refractivity (Wildman–Crippen MR) is 128 cm³/mol. The zero-order chi connectivity index (χ0) is 19.8. The third-order valence-corrected chi connectivity index (χ3v) is 5.00. The Kier molecular flexibility index (Phi) is 9.66. The largest absolute Gasteiger partial charge is 0.356 e. The Hall–Kier alpha value is -1.87. The highest BCUT2D eigenvalue weighted by atomic mass is 127. The van der Waals surface area contributed by atoms with Crippen molar-refractivity contribution in [3.05, 3.63) is 64.4 Å². The maximum atomic E-state index is 12.4. The fraction of sp³-hybridized carbons (Fsp3) is 0.381. The van der Waals surface area contributed by atoms with Crippen molar-refractivity contribution in [1.82, 2.24) is 20.5 Å². The minimum absolute atomic E-state index is 0. The van der Waals surface area contributed by atoms with Crippen molar-refractivity contribution in [1.29, 1.82) is 0 Å². The molecule has 2 aromatic rings. The minimum Gasteiger partial charge on any atom is -0.356 e. The van der Waals surface area contributed by atoms with Gasteiger partial charge in [0, 0.05) is 45.8 Å². The lowest BCUT2D eigenvalue weighted by molar-refractivity contribution is -0.131. The number of rotatable bonds is 7. The zero-order valence-electron chi connectivity index (χ0n) is 16.5. The van der Waals surface area contributed by atoms with Crippen LogP contribution in [0.3, 0.4) is 0 Å². The lowest BCUT2D eigenvalue weighted by Crippen LogP contribution is -2.39. The molecule has 0 spiro atoms. The van der Waals surface area contributed by atoms with E-state index in [9.17, 15) is 4.79 Å². The molecule has 1 aromatic heterocycles. The Morgan fingerprint density at radius 3 is 2.45 bits per heavy atom. The number of benzene rings is 1. The normalized spacial score (nSPS) is 12.9. The van der Waals surface area contributed by atoms with Crippen LogP contribution in [0.15, 0.2) is 47.6 Å². The molecule has 2 N–H and O–H groups in total. The summed E-state index contributed by atoms with van der Waals surface area (Å²) in [6, 6.07) is 12.0. The lowest BCUT2D eigenvalue weighted by atomic mass is 10.1. The predicted octanol–water partition coefficient (Wildman–Crippen LogP) is 3.38. The van der Waals surface area contributed by atoms with E-state index in [1.165, 1.54) is 11.1 Å². The van der Waals surface area contributed by atoms with E-state index in [1.54, 1.807) is 19.3 Å². The minimum atomic E-state index is 0. The van der Waals surface area contributed by atoms with Crippen molar-refractivity contribution in [2.75, 3.05) is 20.1 Å². The van der Waals surface area contributed by atoms with Crippen molar-refractivity contribution in [3.63, 3.8) is 0 Å². The topological polar surface area (TPSA) is 69.6 Å². The average molecular weight is 528 g/mol. The summed E-state index contributed by atoms with van der Waals surface area (Å²) in [5, 5.41) is 7.03. The molecule has 0 radical (unpaired) electrons. The van der Waals surface area contributed by atoms with Gasteiger partial charge in [-0.3, -0.25) is 9.79 Å². The number of guanidine groups is 1. The fourth-order valence-corrected chi connectivity index (χ4v) is 3.33. The maximum Gasteiger partial charge on any atom is 0.223 e. The second kappa shape index (κ2) is 12.0. The first-order valence-electron chi connectivity index (χ1n) is 9.55. The first kappa shape index (κ1) is 23.4. The Bertz CT molecular complexity index is 803. The molecule has 0 saturated heterocycles. The number of hydrogen-bond donors (Lipinski definition) is 2. The number of hydrogen-bond acceptors (Lipinski definition) is 3. The molecule has 1 aliphatic rings. The molecule has 1 aromatic carbocycles. The van der Waals surface area contributed by atoms with Crippen LogP contribution in [-0.4, -0.2) is 41.9 Å². The van der Waals surface area contributed by atoms with E-state index in [2.05, 4.69) is 32.7 Å². The number of carbonyl (C=O) groups excluding carboxylic acids is 1. The number of aliphatic imine (C=N–C) groups is 1. The number of fused-ring (bicyclic) bond motifs is 1. The van der Waals surface area contributed by atoms with Crippen LogP contribution < -0.4 is 10.6 Å². The maximum absolute atomic E-state index is 12.4. The number of amides is 1. The fourth-order valence-electron chi connectivity index (χ4n) is 3.21. The van der Waals surface area contributed by atoms with Gasteiger partial charge in [0.15, 0.2) is 5.96 Å². The standard InChI is InChI=1S/C21H26ClN5O.HI/c1-23-21(25-12-10-16-8-9-19(22)26-13-16)24-11-4-7-20(28)27-14-17-5-2-3-6-18(17)15-27;/h2-3,5-6,8-9,13H,4,7,10-12,14-15H2,1H3,(H2,23,24,25);1H. The van der Waals surface area contributed by atoms with Crippen LogP contribution in [0.1, 0.15) is 29.5 Å². The van der Waals surface area contributed by atoms with Crippen LogP contribution in [0.4, 0.5) is 0 Å². The molecule has 2 heterocycles. The summed E-state index contributed by atoms with van der Waals surface area (Å²) in [6.45, 7) is 2.90. The molecule has 0 unspecified atom stereocenters. The molecule has 1 amide bonds.